The van der Waals surface area contributed by atoms with E-state index in [2.05, 4.69) is 12.2 Å². The van der Waals surface area contributed by atoms with E-state index < -0.39 is 6.04 Å². The second-order valence-electron chi connectivity index (χ2n) is 5.44. The number of benzene rings is 1. The Morgan fingerprint density at radius 3 is 2.85 bits per heavy atom. The molecule has 5 heteroatoms. The van der Waals surface area contributed by atoms with Crippen molar-refractivity contribution >= 4 is 5.91 Å². The number of nitrogens with two attached hydrogens (primary N) is 1. The van der Waals surface area contributed by atoms with Crippen LogP contribution in [0.3, 0.4) is 0 Å². The van der Waals surface area contributed by atoms with Crippen molar-refractivity contribution in [1.29, 1.82) is 0 Å². The van der Waals surface area contributed by atoms with Gasteiger partial charge in [0, 0.05) is 24.1 Å². The Balaban J connectivity index is 2.04. The second-order valence-corrected chi connectivity index (χ2v) is 5.44. The molecule has 1 amide bonds. The van der Waals surface area contributed by atoms with E-state index in [0.717, 1.165) is 17.7 Å². The molecule has 1 aliphatic carbocycles. The van der Waals surface area contributed by atoms with Crippen LogP contribution in [0, 0.1) is 0 Å². The predicted octanol–water partition coefficient (Wildman–Crippen LogP) is 0.815. The van der Waals surface area contributed by atoms with E-state index in [9.17, 15) is 4.79 Å². The van der Waals surface area contributed by atoms with Gasteiger partial charge in [-0.25, -0.2) is 0 Å². The van der Waals surface area contributed by atoms with E-state index in [4.69, 9.17) is 15.2 Å². The Kier molecular flexibility index (Phi) is 4.30. The molecule has 20 heavy (non-hydrogen) atoms. The Bertz CT molecular complexity index is 492. The summed E-state index contributed by atoms with van der Waals surface area (Å²) >= 11 is 0. The van der Waals surface area contributed by atoms with Crippen molar-refractivity contribution < 1.29 is 14.3 Å². The fourth-order valence-electron chi connectivity index (χ4n) is 2.52. The van der Waals surface area contributed by atoms with Crippen LogP contribution in [0.5, 0.6) is 5.75 Å². The summed E-state index contributed by atoms with van der Waals surface area (Å²) in [6.07, 6.45) is 0.888. The monoisotopic (exact) mass is 278 g/mol. The largest absolute Gasteiger partial charge is 0.496 e. The summed E-state index contributed by atoms with van der Waals surface area (Å²) in [5.41, 5.74) is 6.76. The maximum Gasteiger partial charge on any atom is 0.239 e. The Labute approximate surface area is 119 Å². The van der Waals surface area contributed by atoms with Crippen LogP contribution in [0.1, 0.15) is 18.9 Å². The summed E-state index contributed by atoms with van der Waals surface area (Å²) < 4.78 is 10.3. The molecule has 1 aromatic carbocycles. The summed E-state index contributed by atoms with van der Waals surface area (Å²) in [6, 6.07) is 7.37. The third-order valence-electron chi connectivity index (χ3n) is 3.96. The lowest BCUT2D eigenvalue weighted by molar-refractivity contribution is -0.123. The summed E-state index contributed by atoms with van der Waals surface area (Å²) in [4.78, 5) is 11.9. The summed E-state index contributed by atoms with van der Waals surface area (Å²) in [6.45, 7) is 2.35. The van der Waals surface area contributed by atoms with E-state index in [0.29, 0.717) is 0 Å². The minimum atomic E-state index is -0.623. The highest BCUT2D eigenvalue weighted by molar-refractivity contribution is 5.82. The highest BCUT2D eigenvalue weighted by atomic mass is 16.5. The van der Waals surface area contributed by atoms with Gasteiger partial charge < -0.3 is 20.5 Å². The lowest BCUT2D eigenvalue weighted by Gasteiger charge is -2.17. The Morgan fingerprint density at radius 1 is 1.50 bits per heavy atom. The predicted molar refractivity (Wildman–Crippen MR) is 76.7 cm³/mol. The SMILES string of the molecule is COCC(N)C(=O)NC1CC1(C)c1ccccc1OC. The molecule has 0 heterocycles. The molecule has 110 valence electrons. The van der Waals surface area contributed by atoms with Crippen molar-refractivity contribution in [2.75, 3.05) is 20.8 Å². The molecule has 1 aromatic rings. The third kappa shape index (κ3) is 2.78. The van der Waals surface area contributed by atoms with E-state index in [1.165, 1.54) is 7.11 Å². The molecular formula is C15H22N2O3. The molecule has 2 rings (SSSR count). The van der Waals surface area contributed by atoms with E-state index in [-0.39, 0.29) is 24.0 Å². The zero-order valence-electron chi connectivity index (χ0n) is 12.2. The Morgan fingerprint density at radius 2 is 2.20 bits per heavy atom. The van der Waals surface area contributed by atoms with Gasteiger partial charge in [0.1, 0.15) is 11.8 Å². The molecule has 0 saturated heterocycles. The van der Waals surface area contributed by atoms with Crippen LogP contribution in [-0.2, 0) is 14.9 Å². The third-order valence-corrected chi connectivity index (χ3v) is 3.96. The van der Waals surface area contributed by atoms with Gasteiger partial charge in [0.25, 0.3) is 0 Å². The first kappa shape index (κ1) is 14.8. The molecule has 0 aliphatic heterocycles. The lowest BCUT2D eigenvalue weighted by Crippen LogP contribution is -2.45. The minimum Gasteiger partial charge on any atom is -0.496 e. The van der Waals surface area contributed by atoms with Crippen LogP contribution in [0.2, 0.25) is 0 Å². The molecule has 5 nitrogen and oxygen atoms in total. The molecule has 0 spiro atoms. The Hall–Kier alpha value is -1.59. The van der Waals surface area contributed by atoms with E-state index in [1.54, 1.807) is 7.11 Å². The molecule has 0 radical (unpaired) electrons. The fraction of sp³-hybridized carbons (Fsp3) is 0.533. The number of para-hydroxylation sites is 1. The van der Waals surface area contributed by atoms with Crippen LogP contribution < -0.4 is 15.8 Å². The number of hydrogen-bond donors (Lipinski definition) is 2. The van der Waals surface area contributed by atoms with Gasteiger partial charge in [0.05, 0.1) is 13.7 Å². The van der Waals surface area contributed by atoms with Gasteiger partial charge in [-0.15, -0.1) is 0 Å². The van der Waals surface area contributed by atoms with Crippen LogP contribution in [0.15, 0.2) is 24.3 Å². The second kappa shape index (κ2) is 5.81. The van der Waals surface area contributed by atoms with Crippen LogP contribution in [0.25, 0.3) is 0 Å². The lowest BCUT2D eigenvalue weighted by atomic mass is 9.96. The van der Waals surface area contributed by atoms with Gasteiger partial charge in [0.15, 0.2) is 0 Å². The van der Waals surface area contributed by atoms with Gasteiger partial charge in [-0.3, -0.25) is 4.79 Å². The standard InChI is InChI=1S/C15H22N2O3/c1-15(10-6-4-5-7-12(10)20-3)8-13(15)17-14(18)11(16)9-19-2/h4-7,11,13H,8-9,16H2,1-3H3,(H,17,18). The van der Waals surface area contributed by atoms with Gasteiger partial charge >= 0.3 is 0 Å². The number of hydrogen-bond acceptors (Lipinski definition) is 4. The average molecular weight is 278 g/mol. The first-order chi connectivity index (χ1) is 9.52. The van der Waals surface area contributed by atoms with Crippen molar-refractivity contribution in [2.24, 2.45) is 5.73 Å². The number of methoxy groups -OCH3 is 2. The maximum atomic E-state index is 11.9. The molecule has 1 fully saturated rings. The van der Waals surface area contributed by atoms with Crippen molar-refractivity contribution in [2.45, 2.75) is 30.8 Å². The number of carbonyl (C=O) groups excluding carboxylic acids is 1. The van der Waals surface area contributed by atoms with Crippen LogP contribution in [-0.4, -0.2) is 38.8 Å². The summed E-state index contributed by atoms with van der Waals surface area (Å²) in [5, 5.41) is 2.98. The van der Waals surface area contributed by atoms with Crippen molar-refractivity contribution in [1.82, 2.24) is 5.32 Å². The van der Waals surface area contributed by atoms with Gasteiger partial charge in [0.2, 0.25) is 5.91 Å². The first-order valence-corrected chi connectivity index (χ1v) is 6.71. The van der Waals surface area contributed by atoms with Crippen molar-refractivity contribution in [3.8, 4) is 5.75 Å². The molecule has 1 aliphatic rings. The normalized spacial score (nSPS) is 25.9. The summed E-state index contributed by atoms with van der Waals surface area (Å²) in [7, 11) is 3.19. The molecule has 3 atom stereocenters. The smallest absolute Gasteiger partial charge is 0.239 e. The number of amides is 1. The number of nitrogens with one attached hydrogen (secondary N) is 1. The van der Waals surface area contributed by atoms with E-state index in [1.807, 2.05) is 24.3 Å². The number of ether oxygens (including phenoxy) is 2. The van der Waals surface area contributed by atoms with Crippen molar-refractivity contribution in [3.05, 3.63) is 29.8 Å². The van der Waals surface area contributed by atoms with Crippen LogP contribution >= 0.6 is 0 Å². The molecule has 3 N–H and O–H groups in total. The topological polar surface area (TPSA) is 73.6 Å². The zero-order chi connectivity index (χ0) is 14.8. The van der Waals surface area contributed by atoms with E-state index >= 15 is 0 Å². The molecule has 1 saturated carbocycles. The highest BCUT2D eigenvalue weighted by Gasteiger charge is 2.53. The molecule has 0 aromatic heterocycles. The maximum absolute atomic E-state index is 11.9. The van der Waals surface area contributed by atoms with Gasteiger partial charge in [-0.2, -0.15) is 0 Å². The average Bonchev–Trinajstić information content (AvgIpc) is 3.10. The minimum absolute atomic E-state index is 0.0882. The highest BCUT2D eigenvalue weighted by Crippen LogP contribution is 2.50. The summed E-state index contributed by atoms with van der Waals surface area (Å²) in [5.74, 6) is 0.684. The molecule has 0 bridgehead atoms. The number of rotatable bonds is 6. The molecule has 3 unspecified atom stereocenters. The van der Waals surface area contributed by atoms with Gasteiger partial charge in [-0.05, 0) is 12.5 Å². The first-order valence-electron chi connectivity index (χ1n) is 6.71. The van der Waals surface area contributed by atoms with Crippen LogP contribution in [0.4, 0.5) is 0 Å². The molecular weight excluding hydrogens is 256 g/mol. The van der Waals surface area contributed by atoms with Crippen molar-refractivity contribution in [3.63, 3.8) is 0 Å². The number of carbonyl (C=O) groups is 1. The zero-order valence-corrected chi connectivity index (χ0v) is 12.2. The fourth-order valence-corrected chi connectivity index (χ4v) is 2.52. The van der Waals surface area contributed by atoms with Gasteiger partial charge in [-0.1, -0.05) is 25.1 Å². The quantitative estimate of drug-likeness (QED) is 0.808.